The van der Waals surface area contributed by atoms with Gasteiger partial charge in [-0.2, -0.15) is 0 Å². The number of aryl methyl sites for hydroxylation is 1. The first-order chi connectivity index (χ1) is 9.51. The zero-order valence-corrected chi connectivity index (χ0v) is 13.7. The molecular formula is C14H16BrClN4. The third-order valence-corrected chi connectivity index (χ3v) is 3.69. The lowest BCUT2D eigenvalue weighted by molar-refractivity contribution is 0.836. The number of nitrogens with one attached hydrogen (secondary N) is 1. The smallest absolute Gasteiger partial charge is 0.139 e. The number of hydrogen-bond donors (Lipinski definition) is 2. The van der Waals surface area contributed by atoms with Crippen molar-refractivity contribution in [3.63, 3.8) is 0 Å². The summed E-state index contributed by atoms with van der Waals surface area (Å²) >= 11 is 9.59. The highest BCUT2D eigenvalue weighted by Crippen LogP contribution is 2.29. The number of nitrogens with zero attached hydrogens (tertiary/aromatic N) is 2. The second-order valence-corrected chi connectivity index (χ2v) is 5.82. The fourth-order valence-corrected chi connectivity index (χ4v) is 2.48. The van der Waals surface area contributed by atoms with Gasteiger partial charge in [-0.25, -0.2) is 9.97 Å². The average molecular weight is 356 g/mol. The number of aromatic nitrogens is 2. The van der Waals surface area contributed by atoms with E-state index < -0.39 is 0 Å². The zero-order chi connectivity index (χ0) is 14.7. The molecular weight excluding hydrogens is 340 g/mol. The van der Waals surface area contributed by atoms with E-state index in [4.69, 9.17) is 17.3 Å². The molecule has 20 heavy (non-hydrogen) atoms. The summed E-state index contributed by atoms with van der Waals surface area (Å²) in [6, 6.07) is 5.64. The van der Waals surface area contributed by atoms with Gasteiger partial charge in [-0.1, -0.05) is 34.5 Å². The van der Waals surface area contributed by atoms with Crippen molar-refractivity contribution in [1.82, 2.24) is 9.97 Å². The molecule has 0 amide bonds. The maximum Gasteiger partial charge on any atom is 0.139 e. The molecule has 1 aromatic carbocycles. The summed E-state index contributed by atoms with van der Waals surface area (Å²) in [7, 11) is 0. The third kappa shape index (κ3) is 3.41. The number of nitrogen functional groups attached to an aromatic ring is 1. The Morgan fingerprint density at radius 3 is 2.75 bits per heavy atom. The summed E-state index contributed by atoms with van der Waals surface area (Å²) in [5.74, 6) is 1.94. The van der Waals surface area contributed by atoms with Crippen molar-refractivity contribution in [1.29, 1.82) is 0 Å². The molecule has 0 unspecified atom stereocenters. The van der Waals surface area contributed by atoms with Crippen molar-refractivity contribution in [3.8, 4) is 0 Å². The van der Waals surface area contributed by atoms with Crippen LogP contribution in [0.1, 0.15) is 24.7 Å². The Balaban J connectivity index is 2.37. The van der Waals surface area contributed by atoms with Crippen LogP contribution in [0.3, 0.4) is 0 Å². The molecule has 0 atom stereocenters. The first-order valence-electron chi connectivity index (χ1n) is 6.36. The highest BCUT2D eigenvalue weighted by atomic mass is 79.9. The Hall–Kier alpha value is -1.33. The minimum atomic E-state index is 0.499. The van der Waals surface area contributed by atoms with Gasteiger partial charge in [0.05, 0.1) is 10.7 Å². The van der Waals surface area contributed by atoms with Gasteiger partial charge in [-0.05, 0) is 31.5 Å². The molecule has 3 N–H and O–H groups in total. The van der Waals surface area contributed by atoms with Gasteiger partial charge < -0.3 is 11.1 Å². The Morgan fingerprint density at radius 2 is 2.10 bits per heavy atom. The van der Waals surface area contributed by atoms with Crippen LogP contribution in [0.25, 0.3) is 0 Å². The second-order valence-electron chi connectivity index (χ2n) is 4.50. The lowest BCUT2D eigenvalue weighted by Gasteiger charge is -2.13. The summed E-state index contributed by atoms with van der Waals surface area (Å²) in [5, 5.41) is 3.84. The van der Waals surface area contributed by atoms with Crippen LogP contribution in [-0.2, 0) is 6.42 Å². The molecule has 0 aliphatic heterocycles. The van der Waals surface area contributed by atoms with Crippen molar-refractivity contribution in [3.05, 3.63) is 39.1 Å². The van der Waals surface area contributed by atoms with Gasteiger partial charge in [0.25, 0.3) is 0 Å². The maximum atomic E-state index is 6.21. The van der Waals surface area contributed by atoms with Crippen LogP contribution in [0.4, 0.5) is 17.3 Å². The number of benzene rings is 1. The van der Waals surface area contributed by atoms with Gasteiger partial charge in [0, 0.05) is 16.5 Å². The number of hydrogen-bond acceptors (Lipinski definition) is 4. The normalized spacial score (nSPS) is 10.6. The van der Waals surface area contributed by atoms with Crippen LogP contribution >= 0.6 is 27.5 Å². The summed E-state index contributed by atoms with van der Waals surface area (Å²) in [5.41, 5.74) is 7.55. The molecule has 0 spiro atoms. The Morgan fingerprint density at radius 1 is 1.35 bits per heavy atom. The predicted octanol–water partition coefficient (Wildman–Crippen LogP) is 4.48. The van der Waals surface area contributed by atoms with E-state index in [0.717, 1.165) is 34.4 Å². The van der Waals surface area contributed by atoms with E-state index in [2.05, 4.69) is 38.1 Å². The molecule has 0 aliphatic rings. The second kappa shape index (κ2) is 6.41. The average Bonchev–Trinajstić information content (AvgIpc) is 2.39. The molecule has 0 radical (unpaired) electrons. The Kier molecular flexibility index (Phi) is 4.83. The van der Waals surface area contributed by atoms with E-state index in [1.54, 1.807) is 0 Å². The number of nitrogens with two attached hydrogens (primary N) is 1. The van der Waals surface area contributed by atoms with Gasteiger partial charge in [-0.3, -0.25) is 0 Å². The molecule has 0 fully saturated rings. The lowest BCUT2D eigenvalue weighted by atomic mass is 10.2. The van der Waals surface area contributed by atoms with E-state index in [0.29, 0.717) is 16.7 Å². The predicted molar refractivity (Wildman–Crippen MR) is 87.6 cm³/mol. The van der Waals surface area contributed by atoms with Crippen LogP contribution in [-0.4, -0.2) is 9.97 Å². The van der Waals surface area contributed by atoms with Gasteiger partial charge in [0.2, 0.25) is 0 Å². The lowest BCUT2D eigenvalue weighted by Crippen LogP contribution is -2.07. The van der Waals surface area contributed by atoms with E-state index in [9.17, 15) is 0 Å². The number of anilines is 3. The Bertz CT molecular complexity index is 631. The molecule has 1 heterocycles. The van der Waals surface area contributed by atoms with E-state index in [1.807, 2.05) is 25.1 Å². The van der Waals surface area contributed by atoms with Crippen molar-refractivity contribution in [2.75, 3.05) is 11.1 Å². The largest absolute Gasteiger partial charge is 0.383 e. The van der Waals surface area contributed by atoms with Crippen LogP contribution < -0.4 is 11.1 Å². The van der Waals surface area contributed by atoms with E-state index in [-0.39, 0.29) is 0 Å². The summed E-state index contributed by atoms with van der Waals surface area (Å²) < 4.78 is 0.929. The molecule has 0 saturated carbocycles. The van der Waals surface area contributed by atoms with Gasteiger partial charge in [-0.15, -0.1) is 0 Å². The number of halogens is 2. The SMILES string of the molecule is CCCc1nc(N)c(C)c(Nc2ccc(Br)cc2Cl)n1. The highest BCUT2D eigenvalue weighted by Gasteiger charge is 2.10. The molecule has 6 heteroatoms. The monoisotopic (exact) mass is 354 g/mol. The van der Waals surface area contributed by atoms with Crippen molar-refractivity contribution in [2.24, 2.45) is 0 Å². The van der Waals surface area contributed by atoms with Crippen molar-refractivity contribution < 1.29 is 0 Å². The molecule has 2 rings (SSSR count). The zero-order valence-electron chi connectivity index (χ0n) is 11.4. The number of rotatable bonds is 4. The Labute approximate surface area is 131 Å². The van der Waals surface area contributed by atoms with Gasteiger partial charge >= 0.3 is 0 Å². The first-order valence-corrected chi connectivity index (χ1v) is 7.53. The van der Waals surface area contributed by atoms with Crippen LogP contribution in [0.5, 0.6) is 0 Å². The molecule has 0 aliphatic carbocycles. The van der Waals surface area contributed by atoms with Crippen LogP contribution in [0.2, 0.25) is 5.02 Å². The van der Waals surface area contributed by atoms with Crippen LogP contribution in [0.15, 0.2) is 22.7 Å². The first kappa shape index (κ1) is 15.1. The topological polar surface area (TPSA) is 63.8 Å². The van der Waals surface area contributed by atoms with Gasteiger partial charge in [0.1, 0.15) is 17.5 Å². The molecule has 2 aromatic rings. The van der Waals surface area contributed by atoms with E-state index in [1.165, 1.54) is 0 Å². The molecule has 106 valence electrons. The molecule has 0 saturated heterocycles. The summed E-state index contributed by atoms with van der Waals surface area (Å²) in [6.45, 7) is 3.97. The fraction of sp³-hybridized carbons (Fsp3) is 0.286. The quantitative estimate of drug-likeness (QED) is 0.848. The van der Waals surface area contributed by atoms with Gasteiger partial charge in [0.15, 0.2) is 0 Å². The minimum Gasteiger partial charge on any atom is -0.383 e. The highest BCUT2D eigenvalue weighted by molar-refractivity contribution is 9.10. The molecule has 4 nitrogen and oxygen atoms in total. The third-order valence-electron chi connectivity index (χ3n) is 2.89. The summed E-state index contributed by atoms with van der Waals surface area (Å²) in [4.78, 5) is 8.80. The minimum absolute atomic E-state index is 0.499. The maximum absolute atomic E-state index is 6.21. The standard InChI is InChI=1S/C14H16BrClN4/c1-3-4-12-19-13(17)8(2)14(20-12)18-11-6-5-9(15)7-10(11)16/h5-7H,3-4H2,1-2H3,(H3,17,18,19,20). The van der Waals surface area contributed by atoms with Crippen LogP contribution in [0, 0.1) is 6.92 Å². The van der Waals surface area contributed by atoms with Crippen molar-refractivity contribution >= 4 is 44.9 Å². The van der Waals surface area contributed by atoms with Crippen molar-refractivity contribution in [2.45, 2.75) is 26.7 Å². The molecule has 1 aromatic heterocycles. The fourth-order valence-electron chi connectivity index (χ4n) is 1.76. The van der Waals surface area contributed by atoms with E-state index >= 15 is 0 Å². The summed E-state index contributed by atoms with van der Waals surface area (Å²) in [6.07, 6.45) is 1.77. The molecule has 0 bridgehead atoms.